The van der Waals surface area contributed by atoms with Crippen molar-refractivity contribution >= 4 is 42.1 Å². The van der Waals surface area contributed by atoms with Gasteiger partial charge in [-0.2, -0.15) is 0 Å². The van der Waals surface area contributed by atoms with Crippen LogP contribution in [-0.4, -0.2) is 44.0 Å². The largest absolute Gasteiger partial charge is 0.353 e. The lowest BCUT2D eigenvalue weighted by Crippen LogP contribution is -2.43. The second kappa shape index (κ2) is 9.58. The molecule has 1 unspecified atom stereocenters. The van der Waals surface area contributed by atoms with Crippen molar-refractivity contribution in [1.82, 2.24) is 15.5 Å². The monoisotopic (exact) mass is 339 g/mol. The summed E-state index contributed by atoms with van der Waals surface area (Å²) in [6.45, 7) is 1.63. The zero-order chi connectivity index (χ0) is 13.0. The van der Waals surface area contributed by atoms with Gasteiger partial charge in [0.1, 0.15) is 0 Å². The quantitative estimate of drug-likeness (QED) is 0.862. The molecule has 0 aromatic carbocycles. The highest BCUT2D eigenvalue weighted by molar-refractivity contribution is 7.10. The van der Waals surface area contributed by atoms with E-state index >= 15 is 0 Å². The molecule has 2 atom stereocenters. The van der Waals surface area contributed by atoms with E-state index in [1.54, 1.807) is 11.3 Å². The number of nitrogens with zero attached hydrogens (tertiary/aromatic N) is 1. The van der Waals surface area contributed by atoms with E-state index in [0.29, 0.717) is 6.54 Å². The minimum atomic E-state index is 0. The van der Waals surface area contributed by atoms with Crippen molar-refractivity contribution in [3.63, 3.8) is 0 Å². The number of carbonyl (C=O) groups is 1. The van der Waals surface area contributed by atoms with Crippen molar-refractivity contribution in [2.24, 2.45) is 0 Å². The van der Waals surface area contributed by atoms with Gasteiger partial charge in [0.05, 0.1) is 12.1 Å². The number of rotatable bonds is 5. The molecule has 0 spiro atoms. The molecule has 0 bridgehead atoms. The number of thiophene rings is 1. The van der Waals surface area contributed by atoms with Crippen LogP contribution in [0.2, 0.25) is 0 Å². The fourth-order valence-electron chi connectivity index (χ4n) is 2.25. The lowest BCUT2D eigenvalue weighted by molar-refractivity contribution is -0.123. The maximum absolute atomic E-state index is 12.0. The minimum absolute atomic E-state index is 0. The van der Waals surface area contributed by atoms with Gasteiger partial charge in [-0.3, -0.25) is 4.79 Å². The smallest absolute Gasteiger partial charge is 0.237 e. The van der Waals surface area contributed by atoms with E-state index in [0.717, 1.165) is 19.4 Å². The van der Waals surface area contributed by atoms with Gasteiger partial charge in [0, 0.05) is 11.4 Å². The summed E-state index contributed by atoms with van der Waals surface area (Å²) < 4.78 is 0. The lowest BCUT2D eigenvalue weighted by Gasteiger charge is -2.24. The van der Waals surface area contributed by atoms with Crippen LogP contribution < -0.4 is 10.6 Å². The van der Waals surface area contributed by atoms with Crippen LogP contribution in [0.3, 0.4) is 0 Å². The molecule has 4 nitrogen and oxygen atoms in total. The van der Waals surface area contributed by atoms with Gasteiger partial charge in [0.15, 0.2) is 0 Å². The third-order valence-electron chi connectivity index (χ3n) is 3.34. The van der Waals surface area contributed by atoms with Gasteiger partial charge in [-0.05, 0) is 44.9 Å². The van der Waals surface area contributed by atoms with Crippen LogP contribution in [0, 0.1) is 0 Å². The Hall–Kier alpha value is -0.330. The van der Waals surface area contributed by atoms with E-state index in [9.17, 15) is 4.79 Å². The van der Waals surface area contributed by atoms with Gasteiger partial charge in [-0.1, -0.05) is 6.07 Å². The van der Waals surface area contributed by atoms with Gasteiger partial charge in [0.2, 0.25) is 5.91 Å². The Balaban J connectivity index is 0.00000180. The van der Waals surface area contributed by atoms with Gasteiger partial charge in [-0.25, -0.2) is 0 Å². The maximum atomic E-state index is 12.0. The predicted molar refractivity (Wildman–Crippen MR) is 89.3 cm³/mol. The first-order chi connectivity index (χ1) is 8.68. The molecule has 2 rings (SSSR count). The molecule has 1 fully saturated rings. The van der Waals surface area contributed by atoms with Crippen molar-refractivity contribution in [3.05, 3.63) is 22.4 Å². The summed E-state index contributed by atoms with van der Waals surface area (Å²) in [4.78, 5) is 15.4. The molecule has 1 aliphatic rings. The summed E-state index contributed by atoms with van der Waals surface area (Å²) in [7, 11) is 4.09. The molecule has 1 aromatic rings. The van der Waals surface area contributed by atoms with Crippen molar-refractivity contribution < 1.29 is 4.79 Å². The van der Waals surface area contributed by atoms with Gasteiger partial charge < -0.3 is 15.5 Å². The molecule has 0 radical (unpaired) electrons. The van der Waals surface area contributed by atoms with Gasteiger partial charge >= 0.3 is 0 Å². The van der Waals surface area contributed by atoms with E-state index in [4.69, 9.17) is 0 Å². The van der Waals surface area contributed by atoms with E-state index in [-0.39, 0.29) is 42.8 Å². The lowest BCUT2D eigenvalue weighted by atomic mass is 10.2. The molecular formula is C13H23Cl2N3OS. The van der Waals surface area contributed by atoms with Gasteiger partial charge in [-0.15, -0.1) is 36.2 Å². The van der Waals surface area contributed by atoms with Crippen LogP contribution in [0.1, 0.15) is 23.8 Å². The third kappa shape index (κ3) is 5.22. The zero-order valence-electron chi connectivity index (χ0n) is 11.8. The fraction of sp³-hybridized carbons (Fsp3) is 0.615. The molecule has 0 aliphatic carbocycles. The second-order valence-electron chi connectivity index (χ2n) is 4.89. The number of amides is 1. The number of nitrogens with one attached hydrogen (secondary N) is 2. The average molecular weight is 340 g/mol. The summed E-state index contributed by atoms with van der Waals surface area (Å²) in [5.74, 6) is 0.135. The highest BCUT2D eigenvalue weighted by Crippen LogP contribution is 2.22. The van der Waals surface area contributed by atoms with E-state index < -0.39 is 0 Å². The van der Waals surface area contributed by atoms with Crippen LogP contribution in [0.4, 0.5) is 0 Å². The average Bonchev–Trinajstić information content (AvgIpc) is 3.01. The van der Waals surface area contributed by atoms with Crippen LogP contribution in [0.25, 0.3) is 0 Å². The first-order valence-electron chi connectivity index (χ1n) is 6.39. The number of carbonyl (C=O) groups excluding carboxylic acids is 1. The number of hydrogen-bond acceptors (Lipinski definition) is 4. The molecule has 20 heavy (non-hydrogen) atoms. The van der Waals surface area contributed by atoms with E-state index in [2.05, 4.69) is 33.0 Å². The Morgan fingerprint density at radius 3 is 2.80 bits per heavy atom. The first kappa shape index (κ1) is 19.7. The molecule has 116 valence electrons. The molecule has 1 amide bonds. The van der Waals surface area contributed by atoms with Crippen LogP contribution in [0.5, 0.6) is 0 Å². The fourth-order valence-corrected chi connectivity index (χ4v) is 3.17. The standard InChI is InChI=1S/C13H21N3OS.2ClH/c1-16(2)11(12-6-4-8-18-12)9-15-13(17)10-5-3-7-14-10;;/h4,6,8,10-11,14H,3,5,7,9H2,1-2H3,(H,15,17);2*1H/t10-,11?;;/m0../s1. The Kier molecular flexibility index (Phi) is 9.42. The topological polar surface area (TPSA) is 44.4 Å². The molecule has 1 aliphatic heterocycles. The molecule has 0 saturated carbocycles. The third-order valence-corrected chi connectivity index (χ3v) is 4.31. The molecular weight excluding hydrogens is 317 g/mol. The zero-order valence-corrected chi connectivity index (χ0v) is 14.2. The molecule has 1 saturated heterocycles. The predicted octanol–water partition coefficient (Wildman–Crippen LogP) is 2.06. The minimum Gasteiger partial charge on any atom is -0.353 e. The number of likely N-dealkylation sites (N-methyl/N-ethyl adjacent to an activating group) is 1. The molecule has 2 N–H and O–H groups in total. The van der Waals surface area contributed by atoms with Crippen molar-refractivity contribution in [2.45, 2.75) is 24.9 Å². The van der Waals surface area contributed by atoms with Gasteiger partial charge in [0.25, 0.3) is 0 Å². The maximum Gasteiger partial charge on any atom is 0.237 e. The van der Waals surface area contributed by atoms with Crippen molar-refractivity contribution in [3.8, 4) is 0 Å². The van der Waals surface area contributed by atoms with Crippen molar-refractivity contribution in [1.29, 1.82) is 0 Å². The highest BCUT2D eigenvalue weighted by Gasteiger charge is 2.23. The summed E-state index contributed by atoms with van der Waals surface area (Å²) in [6, 6.07) is 4.44. The number of hydrogen-bond donors (Lipinski definition) is 2. The second-order valence-corrected chi connectivity index (χ2v) is 5.87. The Morgan fingerprint density at radius 1 is 1.55 bits per heavy atom. The van der Waals surface area contributed by atoms with Crippen molar-refractivity contribution in [2.75, 3.05) is 27.2 Å². The normalized spacial score (nSPS) is 19.1. The molecule has 7 heteroatoms. The summed E-state index contributed by atoms with van der Waals surface area (Å²) in [5, 5.41) is 8.35. The molecule has 1 aromatic heterocycles. The SMILES string of the molecule is CN(C)C(CNC(=O)[C@@H]1CCCN1)c1cccs1.Cl.Cl. The van der Waals surface area contributed by atoms with Crippen LogP contribution in [-0.2, 0) is 4.79 Å². The number of halogens is 2. The first-order valence-corrected chi connectivity index (χ1v) is 7.27. The highest BCUT2D eigenvalue weighted by atomic mass is 35.5. The summed E-state index contributed by atoms with van der Waals surface area (Å²) in [6.07, 6.45) is 2.05. The van der Waals surface area contributed by atoms with Crippen LogP contribution >= 0.6 is 36.2 Å². The van der Waals surface area contributed by atoms with Crippen LogP contribution in [0.15, 0.2) is 17.5 Å². The summed E-state index contributed by atoms with van der Waals surface area (Å²) in [5.41, 5.74) is 0. The van der Waals surface area contributed by atoms with E-state index in [1.165, 1.54) is 4.88 Å². The van der Waals surface area contributed by atoms with E-state index in [1.807, 2.05) is 14.1 Å². The Labute approximate surface area is 137 Å². The molecule has 2 heterocycles. The Morgan fingerprint density at radius 2 is 2.30 bits per heavy atom. The Bertz CT molecular complexity index is 381. The summed E-state index contributed by atoms with van der Waals surface area (Å²) >= 11 is 1.73.